The molecule has 0 unspecified atom stereocenters. The van der Waals surface area contributed by atoms with E-state index in [1.807, 2.05) is 36.5 Å². The molecule has 3 aromatic rings. The quantitative estimate of drug-likeness (QED) is 0.687. The second-order valence-electron chi connectivity index (χ2n) is 3.83. The number of rotatable bonds is 1. The van der Waals surface area contributed by atoms with Gasteiger partial charge in [-0.3, -0.25) is 9.78 Å². The van der Waals surface area contributed by atoms with Crippen molar-refractivity contribution >= 4 is 10.8 Å². The molecule has 0 aliphatic carbocycles. The minimum atomic E-state index is -0.0893. The SMILES string of the molecule is O=c1cccc(-c2cccc3cnccc23)[nH]1. The molecule has 0 radical (unpaired) electrons. The van der Waals surface area contributed by atoms with Crippen molar-refractivity contribution in [3.63, 3.8) is 0 Å². The molecule has 0 fully saturated rings. The second-order valence-corrected chi connectivity index (χ2v) is 3.83. The van der Waals surface area contributed by atoms with Gasteiger partial charge in [0, 0.05) is 35.1 Å². The Morgan fingerprint density at radius 3 is 2.76 bits per heavy atom. The van der Waals surface area contributed by atoms with Crippen molar-refractivity contribution in [3.8, 4) is 11.3 Å². The van der Waals surface area contributed by atoms with Gasteiger partial charge >= 0.3 is 0 Å². The van der Waals surface area contributed by atoms with Gasteiger partial charge in [0.15, 0.2) is 0 Å². The zero-order valence-electron chi connectivity index (χ0n) is 9.05. The number of benzene rings is 1. The van der Waals surface area contributed by atoms with Crippen LogP contribution in [0, 0.1) is 0 Å². The van der Waals surface area contributed by atoms with Crippen LogP contribution in [-0.4, -0.2) is 9.97 Å². The topological polar surface area (TPSA) is 45.8 Å². The van der Waals surface area contributed by atoms with Crippen LogP contribution < -0.4 is 5.56 Å². The third-order valence-corrected chi connectivity index (χ3v) is 2.74. The van der Waals surface area contributed by atoms with Crippen LogP contribution in [0.25, 0.3) is 22.0 Å². The van der Waals surface area contributed by atoms with E-state index in [1.54, 1.807) is 12.3 Å². The number of aromatic nitrogens is 2. The lowest BCUT2D eigenvalue weighted by molar-refractivity contribution is 1.24. The van der Waals surface area contributed by atoms with Crippen molar-refractivity contribution in [2.45, 2.75) is 0 Å². The Morgan fingerprint density at radius 1 is 1.00 bits per heavy atom. The van der Waals surface area contributed by atoms with Gasteiger partial charge in [-0.1, -0.05) is 24.3 Å². The van der Waals surface area contributed by atoms with E-state index >= 15 is 0 Å². The van der Waals surface area contributed by atoms with Gasteiger partial charge in [0.25, 0.3) is 0 Å². The van der Waals surface area contributed by atoms with Gasteiger partial charge in [-0.15, -0.1) is 0 Å². The number of pyridine rings is 2. The molecule has 0 aliphatic rings. The number of hydrogen-bond donors (Lipinski definition) is 1. The first-order chi connectivity index (χ1) is 8.34. The highest BCUT2D eigenvalue weighted by Crippen LogP contribution is 2.25. The van der Waals surface area contributed by atoms with Crippen LogP contribution in [0.2, 0.25) is 0 Å². The highest BCUT2D eigenvalue weighted by atomic mass is 16.1. The van der Waals surface area contributed by atoms with E-state index in [4.69, 9.17) is 0 Å². The highest BCUT2D eigenvalue weighted by Gasteiger charge is 2.03. The maximum absolute atomic E-state index is 11.3. The molecule has 17 heavy (non-hydrogen) atoms. The monoisotopic (exact) mass is 222 g/mol. The Morgan fingerprint density at radius 2 is 1.88 bits per heavy atom. The van der Waals surface area contributed by atoms with E-state index in [-0.39, 0.29) is 5.56 Å². The highest BCUT2D eigenvalue weighted by molar-refractivity contribution is 5.95. The number of H-pyrrole nitrogens is 1. The van der Waals surface area contributed by atoms with Crippen molar-refractivity contribution in [1.82, 2.24) is 9.97 Å². The Kier molecular flexibility index (Phi) is 2.22. The van der Waals surface area contributed by atoms with Gasteiger partial charge in [-0.25, -0.2) is 0 Å². The number of hydrogen-bond acceptors (Lipinski definition) is 2. The minimum absolute atomic E-state index is 0.0893. The molecule has 3 rings (SSSR count). The molecule has 0 aliphatic heterocycles. The summed E-state index contributed by atoms with van der Waals surface area (Å²) >= 11 is 0. The molecule has 1 aromatic carbocycles. The van der Waals surface area contributed by atoms with Crippen LogP contribution in [0.4, 0.5) is 0 Å². The first kappa shape index (κ1) is 9.78. The maximum atomic E-state index is 11.3. The molecule has 3 heteroatoms. The summed E-state index contributed by atoms with van der Waals surface area (Å²) < 4.78 is 0. The molecule has 2 heterocycles. The molecule has 0 saturated carbocycles. The average Bonchev–Trinajstić information content (AvgIpc) is 2.38. The minimum Gasteiger partial charge on any atom is -0.322 e. The molecule has 1 N–H and O–H groups in total. The van der Waals surface area contributed by atoms with Crippen LogP contribution in [0.1, 0.15) is 0 Å². The third-order valence-electron chi connectivity index (χ3n) is 2.74. The average molecular weight is 222 g/mol. The lowest BCUT2D eigenvalue weighted by atomic mass is 10.0. The zero-order chi connectivity index (χ0) is 11.7. The van der Waals surface area contributed by atoms with Crippen LogP contribution in [0.3, 0.4) is 0 Å². The van der Waals surface area contributed by atoms with Crippen molar-refractivity contribution < 1.29 is 0 Å². The fourth-order valence-electron chi connectivity index (χ4n) is 1.96. The zero-order valence-corrected chi connectivity index (χ0v) is 9.05. The summed E-state index contributed by atoms with van der Waals surface area (Å²) in [6.45, 7) is 0. The molecular formula is C14H10N2O. The van der Waals surface area contributed by atoms with Gasteiger partial charge in [-0.2, -0.15) is 0 Å². The smallest absolute Gasteiger partial charge is 0.248 e. The molecule has 82 valence electrons. The summed E-state index contributed by atoms with van der Waals surface area (Å²) in [4.78, 5) is 18.3. The van der Waals surface area contributed by atoms with Crippen LogP contribution >= 0.6 is 0 Å². The van der Waals surface area contributed by atoms with E-state index in [0.717, 1.165) is 22.0 Å². The van der Waals surface area contributed by atoms with Gasteiger partial charge in [0.05, 0.1) is 0 Å². The Hall–Kier alpha value is -2.42. The van der Waals surface area contributed by atoms with Gasteiger partial charge in [0.2, 0.25) is 5.56 Å². The van der Waals surface area contributed by atoms with E-state index < -0.39 is 0 Å². The predicted molar refractivity (Wildman–Crippen MR) is 67.8 cm³/mol. The van der Waals surface area contributed by atoms with E-state index in [2.05, 4.69) is 9.97 Å². The molecular weight excluding hydrogens is 212 g/mol. The first-order valence-electron chi connectivity index (χ1n) is 5.37. The Bertz CT molecular complexity index is 726. The Labute approximate surface area is 97.8 Å². The van der Waals surface area contributed by atoms with E-state index in [1.165, 1.54) is 6.07 Å². The normalized spacial score (nSPS) is 10.6. The van der Waals surface area contributed by atoms with Gasteiger partial charge in [-0.05, 0) is 17.5 Å². The molecule has 2 aromatic heterocycles. The fraction of sp³-hybridized carbons (Fsp3) is 0. The largest absolute Gasteiger partial charge is 0.322 e. The number of nitrogens with zero attached hydrogens (tertiary/aromatic N) is 1. The number of nitrogens with one attached hydrogen (secondary N) is 1. The standard InChI is InChI=1S/C14H10N2O/c17-14-6-2-5-13(16-14)12-4-1-3-10-9-15-8-7-11(10)12/h1-9H,(H,16,17). The maximum Gasteiger partial charge on any atom is 0.248 e. The summed E-state index contributed by atoms with van der Waals surface area (Å²) in [5.74, 6) is 0. The molecule has 0 saturated heterocycles. The van der Waals surface area contributed by atoms with Crippen molar-refractivity contribution in [1.29, 1.82) is 0 Å². The molecule has 0 spiro atoms. The van der Waals surface area contributed by atoms with Gasteiger partial charge in [0.1, 0.15) is 0 Å². The first-order valence-corrected chi connectivity index (χ1v) is 5.37. The molecule has 0 amide bonds. The lowest BCUT2D eigenvalue weighted by Crippen LogP contribution is -2.03. The van der Waals surface area contributed by atoms with E-state index in [9.17, 15) is 4.79 Å². The summed E-state index contributed by atoms with van der Waals surface area (Å²) in [7, 11) is 0. The lowest BCUT2D eigenvalue weighted by Gasteiger charge is -2.05. The fourth-order valence-corrected chi connectivity index (χ4v) is 1.96. The Balaban J connectivity index is 2.34. The van der Waals surface area contributed by atoms with Crippen molar-refractivity contribution in [2.24, 2.45) is 0 Å². The second kappa shape index (κ2) is 3.87. The summed E-state index contributed by atoms with van der Waals surface area (Å²) in [5.41, 5.74) is 1.76. The van der Waals surface area contributed by atoms with Crippen LogP contribution in [-0.2, 0) is 0 Å². The van der Waals surface area contributed by atoms with Crippen molar-refractivity contribution in [3.05, 3.63) is 65.2 Å². The summed E-state index contributed by atoms with van der Waals surface area (Å²) in [6.07, 6.45) is 3.58. The predicted octanol–water partition coefficient (Wildman–Crippen LogP) is 2.59. The van der Waals surface area contributed by atoms with Crippen molar-refractivity contribution in [2.75, 3.05) is 0 Å². The van der Waals surface area contributed by atoms with Crippen LogP contribution in [0.15, 0.2) is 59.7 Å². The molecule has 3 nitrogen and oxygen atoms in total. The summed E-state index contributed by atoms with van der Waals surface area (Å²) in [6, 6.07) is 13.1. The van der Waals surface area contributed by atoms with Crippen LogP contribution in [0.5, 0.6) is 0 Å². The molecule has 0 bridgehead atoms. The van der Waals surface area contributed by atoms with Gasteiger partial charge < -0.3 is 4.98 Å². The summed E-state index contributed by atoms with van der Waals surface area (Å²) in [5, 5.41) is 2.15. The number of fused-ring (bicyclic) bond motifs is 1. The van der Waals surface area contributed by atoms with E-state index in [0.29, 0.717) is 0 Å². The number of aromatic amines is 1. The molecule has 0 atom stereocenters. The third kappa shape index (κ3) is 1.72.